The van der Waals surface area contributed by atoms with E-state index in [1.807, 2.05) is 0 Å². The number of hydrogen-bond acceptors (Lipinski definition) is 4. The van der Waals surface area contributed by atoms with Gasteiger partial charge >= 0.3 is 6.18 Å². The Morgan fingerprint density at radius 2 is 1.75 bits per heavy atom. The Labute approximate surface area is 159 Å². The van der Waals surface area contributed by atoms with E-state index in [9.17, 15) is 18.0 Å². The fraction of sp³-hybridized carbons (Fsp3) is 0.316. The van der Waals surface area contributed by atoms with Crippen LogP contribution in [-0.4, -0.2) is 33.2 Å². The van der Waals surface area contributed by atoms with Crippen LogP contribution < -0.4 is 10.1 Å². The highest BCUT2D eigenvalue weighted by atomic mass is 19.4. The molecule has 0 aliphatic rings. The first-order chi connectivity index (χ1) is 13.0. The molecule has 0 aliphatic carbocycles. The van der Waals surface area contributed by atoms with E-state index in [0.717, 1.165) is 6.07 Å². The van der Waals surface area contributed by atoms with Crippen molar-refractivity contribution in [2.24, 2.45) is 0 Å². The Morgan fingerprint density at radius 3 is 2.29 bits per heavy atom. The molecule has 1 N–H and O–H groups in total. The Balaban J connectivity index is 2.13. The van der Waals surface area contributed by atoms with Gasteiger partial charge in [-0.2, -0.15) is 18.3 Å². The Kier molecular flexibility index (Phi) is 4.78. The second-order valence-electron chi connectivity index (χ2n) is 7.26. The topological polar surface area (TPSA) is 68.5 Å². The van der Waals surface area contributed by atoms with Gasteiger partial charge in [-0.1, -0.05) is 0 Å². The van der Waals surface area contributed by atoms with Crippen LogP contribution in [0.2, 0.25) is 0 Å². The zero-order chi connectivity index (χ0) is 20.7. The highest BCUT2D eigenvalue weighted by Crippen LogP contribution is 2.32. The first-order valence-electron chi connectivity index (χ1n) is 8.43. The quantitative estimate of drug-likeness (QED) is 0.733. The number of hydrogen-bond donors (Lipinski definition) is 1. The van der Waals surface area contributed by atoms with Crippen LogP contribution in [0.1, 0.15) is 37.0 Å². The molecule has 28 heavy (non-hydrogen) atoms. The van der Waals surface area contributed by atoms with Gasteiger partial charge in [0.1, 0.15) is 5.75 Å². The maximum atomic E-state index is 13.6. The summed E-state index contributed by atoms with van der Waals surface area (Å²) >= 11 is 0. The Bertz CT molecular complexity index is 1020. The minimum Gasteiger partial charge on any atom is -0.497 e. The highest BCUT2D eigenvalue weighted by molar-refractivity contribution is 5.93. The number of halogens is 3. The summed E-state index contributed by atoms with van der Waals surface area (Å²) in [4.78, 5) is 16.6. The standard InChI is InChI=1S/C19H19F3N4O2/c1-18(2,3)24-17(27)14-10-16-23-13(11-5-7-12(28-4)8-6-11)9-15(19(20,21)22)26(16)25-14/h5-10H,1-4H3,(H,24,27). The van der Waals surface area contributed by atoms with Gasteiger partial charge in [0.15, 0.2) is 17.0 Å². The molecule has 0 bridgehead atoms. The lowest BCUT2D eigenvalue weighted by Crippen LogP contribution is -2.40. The molecule has 148 valence electrons. The normalized spacial score (nSPS) is 12.2. The predicted octanol–water partition coefficient (Wildman–Crippen LogP) is 3.95. The minimum atomic E-state index is -4.67. The van der Waals surface area contributed by atoms with E-state index in [1.54, 1.807) is 45.0 Å². The van der Waals surface area contributed by atoms with Crippen LogP contribution >= 0.6 is 0 Å². The number of aromatic nitrogens is 3. The van der Waals surface area contributed by atoms with Crippen molar-refractivity contribution < 1.29 is 22.7 Å². The Morgan fingerprint density at radius 1 is 1.11 bits per heavy atom. The molecule has 9 heteroatoms. The third-order valence-electron chi connectivity index (χ3n) is 3.82. The molecule has 2 heterocycles. The SMILES string of the molecule is COc1ccc(-c2cc(C(F)(F)F)n3nc(C(=O)NC(C)(C)C)cc3n2)cc1. The van der Waals surface area contributed by atoms with Crippen molar-refractivity contribution in [2.75, 3.05) is 7.11 Å². The van der Waals surface area contributed by atoms with Crippen molar-refractivity contribution >= 4 is 11.6 Å². The van der Waals surface area contributed by atoms with Crippen LogP contribution in [0.15, 0.2) is 36.4 Å². The molecular weight excluding hydrogens is 373 g/mol. The summed E-state index contributed by atoms with van der Waals surface area (Å²) in [5.41, 5.74) is -1.18. The van der Waals surface area contributed by atoms with Crippen molar-refractivity contribution in [3.63, 3.8) is 0 Å². The molecule has 2 aromatic heterocycles. The van der Waals surface area contributed by atoms with Crippen molar-refractivity contribution in [1.29, 1.82) is 0 Å². The third-order valence-corrected chi connectivity index (χ3v) is 3.82. The van der Waals surface area contributed by atoms with Gasteiger partial charge in [0.2, 0.25) is 0 Å². The maximum absolute atomic E-state index is 13.6. The monoisotopic (exact) mass is 392 g/mol. The van der Waals surface area contributed by atoms with Crippen LogP contribution in [0.4, 0.5) is 13.2 Å². The largest absolute Gasteiger partial charge is 0.497 e. The zero-order valence-corrected chi connectivity index (χ0v) is 15.8. The van der Waals surface area contributed by atoms with Crippen molar-refractivity contribution in [2.45, 2.75) is 32.5 Å². The van der Waals surface area contributed by atoms with E-state index < -0.39 is 23.3 Å². The average Bonchev–Trinajstić information content (AvgIpc) is 3.03. The molecule has 0 radical (unpaired) electrons. The number of rotatable bonds is 3. The number of fused-ring (bicyclic) bond motifs is 1. The molecule has 6 nitrogen and oxygen atoms in total. The number of carbonyl (C=O) groups is 1. The molecule has 1 amide bonds. The molecular formula is C19H19F3N4O2. The number of amides is 1. The van der Waals surface area contributed by atoms with Gasteiger partial charge in [-0.05, 0) is 51.1 Å². The second kappa shape index (κ2) is 6.81. The fourth-order valence-electron chi connectivity index (χ4n) is 2.60. The van der Waals surface area contributed by atoms with Gasteiger partial charge in [0, 0.05) is 17.2 Å². The fourth-order valence-corrected chi connectivity index (χ4v) is 2.60. The molecule has 0 fully saturated rings. The molecule has 0 saturated heterocycles. The summed E-state index contributed by atoms with van der Waals surface area (Å²) in [6, 6.07) is 8.64. The van der Waals surface area contributed by atoms with Gasteiger partial charge in [-0.25, -0.2) is 9.50 Å². The first-order valence-corrected chi connectivity index (χ1v) is 8.43. The van der Waals surface area contributed by atoms with Crippen LogP contribution in [0, 0.1) is 0 Å². The highest BCUT2D eigenvalue weighted by Gasteiger charge is 2.35. The van der Waals surface area contributed by atoms with E-state index in [1.165, 1.54) is 13.2 Å². The van der Waals surface area contributed by atoms with Crippen LogP contribution in [-0.2, 0) is 6.18 Å². The van der Waals surface area contributed by atoms with E-state index in [4.69, 9.17) is 4.74 Å². The smallest absolute Gasteiger partial charge is 0.433 e. The van der Waals surface area contributed by atoms with E-state index in [0.29, 0.717) is 15.8 Å². The number of nitrogens with one attached hydrogen (secondary N) is 1. The molecule has 0 spiro atoms. The number of methoxy groups -OCH3 is 1. The van der Waals surface area contributed by atoms with Crippen molar-refractivity contribution in [3.8, 4) is 17.0 Å². The molecule has 1 aromatic carbocycles. The Hall–Kier alpha value is -3.10. The van der Waals surface area contributed by atoms with Crippen LogP contribution in [0.5, 0.6) is 5.75 Å². The van der Waals surface area contributed by atoms with E-state index >= 15 is 0 Å². The third kappa shape index (κ3) is 4.08. The number of ether oxygens (including phenoxy) is 1. The molecule has 0 atom stereocenters. The predicted molar refractivity (Wildman–Crippen MR) is 97.2 cm³/mol. The van der Waals surface area contributed by atoms with Gasteiger partial charge < -0.3 is 10.1 Å². The van der Waals surface area contributed by atoms with E-state index in [-0.39, 0.29) is 17.0 Å². The van der Waals surface area contributed by atoms with Gasteiger partial charge in [0.25, 0.3) is 5.91 Å². The maximum Gasteiger partial charge on any atom is 0.433 e. The lowest BCUT2D eigenvalue weighted by Gasteiger charge is -2.19. The summed E-state index contributed by atoms with van der Waals surface area (Å²) in [7, 11) is 1.50. The second-order valence-corrected chi connectivity index (χ2v) is 7.26. The number of nitrogens with zero attached hydrogens (tertiary/aromatic N) is 3. The molecule has 0 unspecified atom stereocenters. The number of alkyl halides is 3. The van der Waals surface area contributed by atoms with Crippen LogP contribution in [0.3, 0.4) is 0 Å². The van der Waals surface area contributed by atoms with Gasteiger partial charge in [-0.15, -0.1) is 0 Å². The lowest BCUT2D eigenvalue weighted by atomic mass is 10.1. The summed E-state index contributed by atoms with van der Waals surface area (Å²) < 4.78 is 46.5. The van der Waals surface area contributed by atoms with Gasteiger partial charge in [-0.3, -0.25) is 4.79 Å². The zero-order valence-electron chi connectivity index (χ0n) is 15.8. The molecule has 0 saturated carbocycles. The summed E-state index contributed by atoms with van der Waals surface area (Å²) in [5.74, 6) is 0.00323. The summed E-state index contributed by atoms with van der Waals surface area (Å²) in [5, 5.41) is 6.50. The average molecular weight is 392 g/mol. The minimum absolute atomic E-state index is 0.0697. The van der Waals surface area contributed by atoms with Crippen molar-refractivity contribution in [1.82, 2.24) is 19.9 Å². The lowest BCUT2D eigenvalue weighted by molar-refractivity contribution is -0.142. The summed E-state index contributed by atoms with van der Waals surface area (Å²) in [6.45, 7) is 5.30. The number of carbonyl (C=O) groups excluding carboxylic acids is 1. The number of benzene rings is 1. The van der Waals surface area contributed by atoms with Crippen molar-refractivity contribution in [3.05, 3.63) is 47.8 Å². The molecule has 0 aliphatic heterocycles. The summed E-state index contributed by atoms with van der Waals surface area (Å²) in [6.07, 6.45) is -4.67. The van der Waals surface area contributed by atoms with Gasteiger partial charge in [0.05, 0.1) is 12.8 Å². The first kappa shape index (κ1) is 19.7. The molecule has 3 aromatic rings. The van der Waals surface area contributed by atoms with Crippen LogP contribution in [0.25, 0.3) is 16.9 Å². The van der Waals surface area contributed by atoms with E-state index in [2.05, 4.69) is 15.4 Å². The molecule has 3 rings (SSSR count).